The standard InChI is InChI=1S/C27H30N6O4/c1-19(34)32-14-12-31(13-15-32)18-25-28-26(30-37-25)24-16-21(29-36-2)17-33(24)27(35)23-11-7-6-10-22(23)20-8-4-3-5-9-20/h3-11,17,24,29H,12-16,18H2,1-2H3. The average molecular weight is 503 g/mol. The molecule has 0 bridgehead atoms. The van der Waals surface area contributed by atoms with Gasteiger partial charge in [-0.3, -0.25) is 24.8 Å². The average Bonchev–Trinajstić information content (AvgIpc) is 3.56. The lowest BCUT2D eigenvalue weighted by molar-refractivity contribution is -0.130. The largest absolute Gasteiger partial charge is 0.340 e. The SMILES string of the molecule is CONC1=CN(C(=O)c2ccccc2-c2ccccc2)C(c2noc(CN3CCN(C(C)=O)CC3)n2)C1. The molecule has 1 N–H and O–H groups in total. The van der Waals surface area contributed by atoms with Gasteiger partial charge < -0.3 is 14.3 Å². The van der Waals surface area contributed by atoms with Crippen LogP contribution < -0.4 is 5.48 Å². The maximum atomic E-state index is 13.9. The van der Waals surface area contributed by atoms with Gasteiger partial charge in [0.2, 0.25) is 11.8 Å². The smallest absolute Gasteiger partial charge is 0.259 e. The highest BCUT2D eigenvalue weighted by Crippen LogP contribution is 2.35. The Morgan fingerprint density at radius 3 is 2.51 bits per heavy atom. The van der Waals surface area contributed by atoms with Crippen LogP contribution in [0, 0.1) is 0 Å². The fourth-order valence-electron chi connectivity index (χ4n) is 4.79. The Labute approximate surface area is 215 Å². The van der Waals surface area contributed by atoms with E-state index in [4.69, 9.17) is 9.36 Å². The van der Waals surface area contributed by atoms with Crippen molar-refractivity contribution in [1.29, 1.82) is 0 Å². The normalized spacial score (nSPS) is 18.1. The lowest BCUT2D eigenvalue weighted by Gasteiger charge is -2.33. The summed E-state index contributed by atoms with van der Waals surface area (Å²) in [6.45, 7) is 4.92. The zero-order valence-electron chi connectivity index (χ0n) is 21.0. The molecule has 10 heteroatoms. The fraction of sp³-hybridized carbons (Fsp3) is 0.333. The quantitative estimate of drug-likeness (QED) is 0.492. The third-order valence-electron chi connectivity index (χ3n) is 6.71. The maximum Gasteiger partial charge on any atom is 0.259 e. The molecule has 3 aromatic rings. The van der Waals surface area contributed by atoms with Crippen molar-refractivity contribution in [2.75, 3.05) is 33.3 Å². The van der Waals surface area contributed by atoms with E-state index >= 15 is 0 Å². The molecule has 0 aliphatic carbocycles. The molecule has 0 spiro atoms. The van der Waals surface area contributed by atoms with E-state index in [1.807, 2.05) is 59.5 Å². The number of hydrogen-bond acceptors (Lipinski definition) is 8. The Bertz CT molecular complexity index is 1280. The summed E-state index contributed by atoms with van der Waals surface area (Å²) in [5.74, 6) is 0.847. The van der Waals surface area contributed by atoms with Gasteiger partial charge in [-0.05, 0) is 17.2 Å². The number of nitrogens with one attached hydrogen (secondary N) is 1. The molecule has 1 saturated heterocycles. The summed E-state index contributed by atoms with van der Waals surface area (Å²) < 4.78 is 5.58. The number of carbonyl (C=O) groups is 2. The highest BCUT2D eigenvalue weighted by atomic mass is 16.6. The molecular formula is C27H30N6O4. The lowest BCUT2D eigenvalue weighted by atomic mass is 9.98. The van der Waals surface area contributed by atoms with Crippen LogP contribution in [-0.4, -0.2) is 69.9 Å². The van der Waals surface area contributed by atoms with E-state index in [0.717, 1.165) is 29.9 Å². The zero-order valence-corrected chi connectivity index (χ0v) is 21.0. The summed E-state index contributed by atoms with van der Waals surface area (Å²) in [5.41, 5.74) is 6.00. The van der Waals surface area contributed by atoms with Gasteiger partial charge in [0.15, 0.2) is 5.82 Å². The monoisotopic (exact) mass is 502 g/mol. The van der Waals surface area contributed by atoms with E-state index in [9.17, 15) is 9.59 Å². The van der Waals surface area contributed by atoms with Crippen LogP contribution in [0.5, 0.6) is 0 Å². The third-order valence-corrected chi connectivity index (χ3v) is 6.71. The predicted octanol–water partition coefficient (Wildman–Crippen LogP) is 2.98. The maximum absolute atomic E-state index is 13.9. The molecule has 3 heterocycles. The van der Waals surface area contributed by atoms with Crippen LogP contribution in [0.15, 0.2) is 71.0 Å². The van der Waals surface area contributed by atoms with Crippen LogP contribution in [0.25, 0.3) is 11.1 Å². The van der Waals surface area contributed by atoms with Crippen molar-refractivity contribution in [3.05, 3.63) is 83.8 Å². The Balaban J connectivity index is 1.36. The zero-order chi connectivity index (χ0) is 25.8. The van der Waals surface area contributed by atoms with Crippen molar-refractivity contribution >= 4 is 11.8 Å². The highest BCUT2D eigenvalue weighted by molar-refractivity contribution is 6.01. The van der Waals surface area contributed by atoms with Gasteiger partial charge in [-0.25, -0.2) is 0 Å². The number of amides is 2. The van der Waals surface area contributed by atoms with Crippen molar-refractivity contribution in [3.63, 3.8) is 0 Å². The summed E-state index contributed by atoms with van der Waals surface area (Å²) in [4.78, 5) is 40.9. The Hall–Kier alpha value is -4.02. The molecule has 1 fully saturated rings. The number of hydrogen-bond donors (Lipinski definition) is 1. The molecule has 192 valence electrons. The minimum Gasteiger partial charge on any atom is -0.340 e. The molecule has 10 nitrogen and oxygen atoms in total. The molecular weight excluding hydrogens is 472 g/mol. The molecule has 37 heavy (non-hydrogen) atoms. The summed E-state index contributed by atoms with van der Waals surface area (Å²) in [7, 11) is 1.53. The first kappa shape index (κ1) is 24.7. The molecule has 5 rings (SSSR count). The van der Waals surface area contributed by atoms with Gasteiger partial charge in [0, 0.05) is 51.3 Å². The van der Waals surface area contributed by atoms with Crippen molar-refractivity contribution < 1.29 is 18.9 Å². The number of nitrogens with zero attached hydrogens (tertiary/aromatic N) is 5. The van der Waals surface area contributed by atoms with Gasteiger partial charge in [0.1, 0.15) is 6.04 Å². The van der Waals surface area contributed by atoms with Gasteiger partial charge in [-0.1, -0.05) is 53.7 Å². The van der Waals surface area contributed by atoms with Crippen LogP contribution in [0.4, 0.5) is 0 Å². The summed E-state index contributed by atoms with van der Waals surface area (Å²) >= 11 is 0. The van der Waals surface area contributed by atoms with E-state index in [2.05, 4.69) is 20.5 Å². The third kappa shape index (κ3) is 5.40. The van der Waals surface area contributed by atoms with Gasteiger partial charge in [-0.15, -0.1) is 0 Å². The van der Waals surface area contributed by atoms with Crippen molar-refractivity contribution in [3.8, 4) is 11.1 Å². The molecule has 2 aromatic carbocycles. The van der Waals surface area contributed by atoms with E-state index in [1.54, 1.807) is 18.0 Å². The predicted molar refractivity (Wildman–Crippen MR) is 135 cm³/mol. The number of aromatic nitrogens is 2. The van der Waals surface area contributed by atoms with Gasteiger partial charge in [0.25, 0.3) is 5.91 Å². The van der Waals surface area contributed by atoms with Crippen molar-refractivity contribution in [2.24, 2.45) is 0 Å². The molecule has 1 atom stereocenters. The minimum atomic E-state index is -0.443. The number of benzene rings is 2. The minimum absolute atomic E-state index is 0.0903. The molecule has 2 amide bonds. The van der Waals surface area contributed by atoms with E-state index < -0.39 is 6.04 Å². The Kier molecular flexibility index (Phi) is 7.29. The number of hydroxylamine groups is 1. The molecule has 0 saturated carbocycles. The van der Waals surface area contributed by atoms with Crippen LogP contribution in [0.3, 0.4) is 0 Å². The molecule has 0 radical (unpaired) electrons. The summed E-state index contributed by atoms with van der Waals surface area (Å²) in [5, 5.41) is 4.24. The van der Waals surface area contributed by atoms with E-state index in [-0.39, 0.29) is 11.8 Å². The number of rotatable bonds is 7. The lowest BCUT2D eigenvalue weighted by Crippen LogP contribution is -2.47. The second-order valence-corrected chi connectivity index (χ2v) is 9.13. The van der Waals surface area contributed by atoms with Crippen molar-refractivity contribution in [1.82, 2.24) is 30.3 Å². The molecule has 1 unspecified atom stereocenters. The first-order chi connectivity index (χ1) is 18.0. The van der Waals surface area contributed by atoms with E-state index in [0.29, 0.717) is 43.3 Å². The number of piperazine rings is 1. The molecule has 2 aliphatic heterocycles. The Morgan fingerprint density at radius 2 is 1.78 bits per heavy atom. The molecule has 2 aliphatic rings. The van der Waals surface area contributed by atoms with Crippen LogP contribution >= 0.6 is 0 Å². The molecule has 1 aromatic heterocycles. The number of carbonyl (C=O) groups excluding carboxylic acids is 2. The second-order valence-electron chi connectivity index (χ2n) is 9.13. The second kappa shape index (κ2) is 10.9. The Morgan fingerprint density at radius 1 is 1.05 bits per heavy atom. The summed E-state index contributed by atoms with van der Waals surface area (Å²) in [6.07, 6.45) is 2.21. The fourth-order valence-corrected chi connectivity index (χ4v) is 4.79. The van der Waals surface area contributed by atoms with E-state index in [1.165, 1.54) is 7.11 Å². The van der Waals surface area contributed by atoms with Gasteiger partial charge in [0.05, 0.1) is 19.4 Å². The van der Waals surface area contributed by atoms with Crippen molar-refractivity contribution in [2.45, 2.75) is 25.9 Å². The van der Waals surface area contributed by atoms with Gasteiger partial charge >= 0.3 is 0 Å². The first-order valence-corrected chi connectivity index (χ1v) is 12.3. The summed E-state index contributed by atoms with van der Waals surface area (Å²) in [6, 6.07) is 17.0. The van der Waals surface area contributed by atoms with Crippen LogP contribution in [0.1, 0.15) is 41.5 Å². The highest BCUT2D eigenvalue weighted by Gasteiger charge is 2.36. The first-order valence-electron chi connectivity index (χ1n) is 12.3. The van der Waals surface area contributed by atoms with Crippen LogP contribution in [-0.2, 0) is 16.2 Å². The topological polar surface area (TPSA) is 104 Å². The van der Waals surface area contributed by atoms with Gasteiger partial charge in [-0.2, -0.15) is 4.98 Å². The van der Waals surface area contributed by atoms with Crippen LogP contribution in [0.2, 0.25) is 0 Å².